The molecule has 0 heterocycles. The number of hydrogen-bond donors (Lipinski definition) is 0. The molecule has 0 aromatic carbocycles. The Balaban J connectivity index is 2.64. The van der Waals surface area contributed by atoms with Crippen LogP contribution in [0.4, 0.5) is 0 Å². The number of ketones is 2. The van der Waals surface area contributed by atoms with Gasteiger partial charge in [-0.1, -0.05) is 46.1 Å². The molecule has 0 aromatic heterocycles. The van der Waals surface area contributed by atoms with Gasteiger partial charge in [0.1, 0.15) is 5.78 Å². The summed E-state index contributed by atoms with van der Waals surface area (Å²) in [5.74, 6) is 1.13. The average molecular weight is 306 g/mol. The van der Waals surface area contributed by atoms with E-state index in [1.165, 1.54) is 12.8 Å². The molecule has 1 aliphatic carbocycles. The highest BCUT2D eigenvalue weighted by atomic mass is 16.1. The summed E-state index contributed by atoms with van der Waals surface area (Å²) in [4.78, 5) is 24.5. The van der Waals surface area contributed by atoms with Gasteiger partial charge in [-0.05, 0) is 50.5 Å². The molecular formula is C20H34O2. The van der Waals surface area contributed by atoms with Crippen LogP contribution in [-0.4, -0.2) is 11.6 Å². The fourth-order valence-electron chi connectivity index (χ4n) is 3.07. The smallest absolute Gasteiger partial charge is 0.158 e. The lowest BCUT2D eigenvalue weighted by molar-refractivity contribution is -0.127. The highest BCUT2D eigenvalue weighted by Crippen LogP contribution is 2.28. The Hall–Kier alpha value is -0.920. The summed E-state index contributed by atoms with van der Waals surface area (Å²) in [5.41, 5.74) is 0.750. The van der Waals surface area contributed by atoms with E-state index >= 15 is 0 Å². The maximum Gasteiger partial charge on any atom is 0.158 e. The van der Waals surface area contributed by atoms with E-state index < -0.39 is 0 Å². The van der Waals surface area contributed by atoms with Gasteiger partial charge < -0.3 is 0 Å². The molecule has 0 amide bonds. The van der Waals surface area contributed by atoms with Crippen LogP contribution in [-0.2, 0) is 9.59 Å². The lowest BCUT2D eigenvalue weighted by Gasteiger charge is -2.24. The molecule has 0 bridgehead atoms. The standard InChI is InChI=1S/C20H34O2/c1-16-11-13-18(21)17(2)10-8-6-5-7-9-15-20(3,4)19(22)14-12-16/h10,16H,5-9,11-15H2,1-4H3/b17-10-. The van der Waals surface area contributed by atoms with Crippen LogP contribution in [0, 0.1) is 11.3 Å². The molecule has 0 aliphatic heterocycles. The van der Waals surface area contributed by atoms with E-state index in [2.05, 4.69) is 26.8 Å². The molecule has 0 saturated heterocycles. The van der Waals surface area contributed by atoms with E-state index in [-0.39, 0.29) is 11.2 Å². The molecule has 1 unspecified atom stereocenters. The minimum Gasteiger partial charge on any atom is -0.299 e. The Kier molecular flexibility index (Phi) is 8.06. The SMILES string of the molecule is C/C1=C/CCCCCCC(C)(C)C(=O)CCC(C)CCC1=O. The average Bonchev–Trinajstić information content (AvgIpc) is 2.47. The topological polar surface area (TPSA) is 34.1 Å². The molecule has 1 aliphatic rings. The van der Waals surface area contributed by atoms with E-state index in [4.69, 9.17) is 0 Å². The maximum absolute atomic E-state index is 12.4. The molecule has 0 N–H and O–H groups in total. The summed E-state index contributed by atoms with van der Waals surface area (Å²) < 4.78 is 0. The summed E-state index contributed by atoms with van der Waals surface area (Å²) in [6.45, 7) is 8.30. The molecule has 1 atom stereocenters. The van der Waals surface area contributed by atoms with Gasteiger partial charge in [0.25, 0.3) is 0 Å². The van der Waals surface area contributed by atoms with E-state index in [9.17, 15) is 9.59 Å². The van der Waals surface area contributed by atoms with Gasteiger partial charge in [-0.15, -0.1) is 0 Å². The number of rotatable bonds is 0. The molecule has 0 spiro atoms. The van der Waals surface area contributed by atoms with Crippen molar-refractivity contribution in [1.29, 1.82) is 0 Å². The molecule has 1 rings (SSSR count). The zero-order chi connectivity index (χ0) is 16.6. The van der Waals surface area contributed by atoms with E-state index in [0.29, 0.717) is 24.5 Å². The van der Waals surface area contributed by atoms with Gasteiger partial charge in [0.2, 0.25) is 0 Å². The van der Waals surface area contributed by atoms with E-state index in [1.54, 1.807) is 0 Å². The van der Waals surface area contributed by atoms with Crippen molar-refractivity contribution >= 4 is 11.6 Å². The molecule has 126 valence electrons. The van der Waals surface area contributed by atoms with Crippen LogP contribution in [0.5, 0.6) is 0 Å². The molecule has 0 saturated carbocycles. The van der Waals surface area contributed by atoms with Crippen molar-refractivity contribution in [2.45, 2.75) is 91.9 Å². The van der Waals surface area contributed by atoms with Gasteiger partial charge in [0.05, 0.1) is 0 Å². The molecule has 22 heavy (non-hydrogen) atoms. The minimum absolute atomic E-state index is 0.177. The molecule has 2 nitrogen and oxygen atoms in total. The largest absolute Gasteiger partial charge is 0.299 e. The first-order valence-corrected chi connectivity index (χ1v) is 9.06. The lowest BCUT2D eigenvalue weighted by atomic mass is 9.79. The lowest BCUT2D eigenvalue weighted by Crippen LogP contribution is -2.24. The van der Waals surface area contributed by atoms with Crippen LogP contribution >= 0.6 is 0 Å². The first kappa shape index (κ1) is 19.1. The second-order valence-electron chi connectivity index (χ2n) is 7.75. The molecule has 0 fully saturated rings. The van der Waals surface area contributed by atoms with Crippen molar-refractivity contribution in [2.24, 2.45) is 11.3 Å². The van der Waals surface area contributed by atoms with Gasteiger partial charge in [-0.3, -0.25) is 9.59 Å². The van der Waals surface area contributed by atoms with Gasteiger partial charge in [0.15, 0.2) is 5.78 Å². The monoisotopic (exact) mass is 306 g/mol. The van der Waals surface area contributed by atoms with E-state index in [1.807, 2.05) is 6.92 Å². The third-order valence-corrected chi connectivity index (χ3v) is 5.13. The zero-order valence-corrected chi connectivity index (χ0v) is 15.0. The normalized spacial score (nSPS) is 28.9. The second kappa shape index (κ2) is 9.27. The van der Waals surface area contributed by atoms with Crippen LogP contribution in [0.3, 0.4) is 0 Å². The van der Waals surface area contributed by atoms with Crippen molar-refractivity contribution in [2.75, 3.05) is 0 Å². The van der Waals surface area contributed by atoms with Gasteiger partial charge in [-0.25, -0.2) is 0 Å². The Labute approximate surface area is 136 Å². The number of carbonyl (C=O) groups is 2. The molecule has 0 aromatic rings. The minimum atomic E-state index is -0.177. The van der Waals surface area contributed by atoms with Gasteiger partial charge >= 0.3 is 0 Å². The first-order valence-electron chi connectivity index (χ1n) is 9.06. The fourth-order valence-corrected chi connectivity index (χ4v) is 3.07. The molecule has 0 radical (unpaired) electrons. The predicted octanol–water partition coefficient (Wildman–Crippen LogP) is 5.65. The summed E-state index contributed by atoms with van der Waals surface area (Å²) >= 11 is 0. The summed E-state index contributed by atoms with van der Waals surface area (Å²) in [6.07, 6.45) is 11.9. The van der Waals surface area contributed by atoms with Crippen molar-refractivity contribution in [1.82, 2.24) is 0 Å². The molecular weight excluding hydrogens is 272 g/mol. The van der Waals surface area contributed by atoms with Crippen molar-refractivity contribution in [3.05, 3.63) is 11.6 Å². The summed E-state index contributed by atoms with van der Waals surface area (Å²) in [6, 6.07) is 0. The predicted molar refractivity (Wildman–Crippen MR) is 92.9 cm³/mol. The van der Waals surface area contributed by atoms with Crippen LogP contribution in [0.15, 0.2) is 11.6 Å². The van der Waals surface area contributed by atoms with Crippen LogP contribution < -0.4 is 0 Å². The van der Waals surface area contributed by atoms with Crippen LogP contribution in [0.1, 0.15) is 91.9 Å². The van der Waals surface area contributed by atoms with Crippen molar-refractivity contribution < 1.29 is 9.59 Å². The Morgan fingerprint density at radius 2 is 1.64 bits per heavy atom. The highest BCUT2D eigenvalue weighted by Gasteiger charge is 2.26. The zero-order valence-electron chi connectivity index (χ0n) is 15.0. The number of hydrogen-bond acceptors (Lipinski definition) is 2. The molecule has 2 heteroatoms. The van der Waals surface area contributed by atoms with Crippen molar-refractivity contribution in [3.8, 4) is 0 Å². The number of carbonyl (C=O) groups excluding carboxylic acids is 2. The second-order valence-corrected chi connectivity index (χ2v) is 7.75. The summed E-state index contributed by atoms with van der Waals surface area (Å²) in [5, 5.41) is 0. The van der Waals surface area contributed by atoms with Crippen LogP contribution in [0.2, 0.25) is 0 Å². The Morgan fingerprint density at radius 1 is 1.00 bits per heavy atom. The van der Waals surface area contributed by atoms with Crippen LogP contribution in [0.25, 0.3) is 0 Å². The Morgan fingerprint density at radius 3 is 2.36 bits per heavy atom. The van der Waals surface area contributed by atoms with Gasteiger partial charge in [0, 0.05) is 18.3 Å². The van der Waals surface area contributed by atoms with Crippen molar-refractivity contribution in [3.63, 3.8) is 0 Å². The fraction of sp³-hybridized carbons (Fsp3) is 0.800. The summed E-state index contributed by atoms with van der Waals surface area (Å²) in [7, 11) is 0. The quantitative estimate of drug-likeness (QED) is 0.579. The van der Waals surface area contributed by atoms with E-state index in [0.717, 1.165) is 44.1 Å². The Bertz CT molecular complexity index is 404. The van der Waals surface area contributed by atoms with Gasteiger partial charge in [-0.2, -0.15) is 0 Å². The maximum atomic E-state index is 12.4. The highest BCUT2D eigenvalue weighted by molar-refractivity contribution is 5.94. The first-order chi connectivity index (χ1) is 10.3. The third-order valence-electron chi connectivity index (χ3n) is 5.13. The number of allylic oxidation sites excluding steroid dienone is 2. The third kappa shape index (κ3) is 6.89. The number of Topliss-reactive ketones (excluding diaryl/α,β-unsaturated/α-hetero) is 2.